The number of amides is 2. The Morgan fingerprint density at radius 3 is 2.48 bits per heavy atom. The Labute approximate surface area is 156 Å². The standard InChI is InChI=1S/C18H18N4O4S/c1-13-7-9-15(10-8-13)27(24,25)22-18(23)19-12-11-16-20-17(21-26-16)14-5-3-2-4-6-14/h2-10H,11-12H2,1H3,(H2,19,22,23). The Morgan fingerprint density at radius 1 is 1.07 bits per heavy atom. The zero-order valence-corrected chi connectivity index (χ0v) is 15.4. The third-order valence-electron chi connectivity index (χ3n) is 3.68. The fourth-order valence-electron chi connectivity index (χ4n) is 2.28. The van der Waals surface area contributed by atoms with Gasteiger partial charge in [-0.15, -0.1) is 0 Å². The minimum atomic E-state index is -3.92. The lowest BCUT2D eigenvalue weighted by Gasteiger charge is -2.08. The van der Waals surface area contributed by atoms with Crippen molar-refractivity contribution < 1.29 is 17.7 Å². The number of carbonyl (C=O) groups is 1. The van der Waals surface area contributed by atoms with E-state index in [2.05, 4.69) is 15.5 Å². The van der Waals surface area contributed by atoms with Crippen molar-refractivity contribution in [1.29, 1.82) is 0 Å². The van der Waals surface area contributed by atoms with Crippen LogP contribution in [0.4, 0.5) is 4.79 Å². The summed E-state index contributed by atoms with van der Waals surface area (Å²) in [5.74, 6) is 0.799. The molecule has 0 saturated carbocycles. The van der Waals surface area contributed by atoms with Crippen molar-refractivity contribution in [3.8, 4) is 11.4 Å². The van der Waals surface area contributed by atoms with Crippen LogP contribution in [0.15, 0.2) is 64.0 Å². The van der Waals surface area contributed by atoms with Crippen molar-refractivity contribution in [2.75, 3.05) is 6.54 Å². The number of aryl methyl sites for hydroxylation is 1. The molecule has 0 bridgehead atoms. The van der Waals surface area contributed by atoms with Crippen molar-refractivity contribution in [2.45, 2.75) is 18.2 Å². The van der Waals surface area contributed by atoms with Crippen LogP contribution in [0.5, 0.6) is 0 Å². The molecule has 0 unspecified atom stereocenters. The summed E-state index contributed by atoms with van der Waals surface area (Å²) in [5, 5.41) is 6.34. The van der Waals surface area contributed by atoms with Gasteiger partial charge in [0.15, 0.2) is 0 Å². The van der Waals surface area contributed by atoms with Crippen molar-refractivity contribution in [3.05, 3.63) is 66.1 Å². The minimum absolute atomic E-state index is 0.0210. The molecular formula is C18H18N4O4S. The average Bonchev–Trinajstić information content (AvgIpc) is 3.11. The van der Waals surface area contributed by atoms with E-state index in [4.69, 9.17) is 4.52 Å². The normalized spacial score (nSPS) is 11.1. The van der Waals surface area contributed by atoms with E-state index >= 15 is 0 Å². The molecule has 0 spiro atoms. The average molecular weight is 386 g/mol. The van der Waals surface area contributed by atoms with E-state index in [1.54, 1.807) is 12.1 Å². The Kier molecular flexibility index (Phi) is 5.51. The first-order chi connectivity index (χ1) is 12.9. The Bertz CT molecular complexity index is 1020. The molecule has 0 saturated heterocycles. The molecule has 0 fully saturated rings. The summed E-state index contributed by atoms with van der Waals surface area (Å²) >= 11 is 0. The molecule has 0 aliphatic carbocycles. The highest BCUT2D eigenvalue weighted by Crippen LogP contribution is 2.14. The van der Waals surface area contributed by atoms with Crippen LogP contribution in [-0.4, -0.2) is 31.1 Å². The van der Waals surface area contributed by atoms with Crippen LogP contribution in [0.2, 0.25) is 0 Å². The van der Waals surface area contributed by atoms with Gasteiger partial charge in [0.05, 0.1) is 4.90 Å². The van der Waals surface area contributed by atoms with Crippen LogP contribution >= 0.6 is 0 Å². The van der Waals surface area contributed by atoms with Crippen molar-refractivity contribution in [2.24, 2.45) is 0 Å². The first-order valence-electron chi connectivity index (χ1n) is 8.19. The molecule has 9 heteroatoms. The molecule has 3 rings (SSSR count). The maximum absolute atomic E-state index is 12.1. The van der Waals surface area contributed by atoms with Crippen LogP contribution in [-0.2, 0) is 16.4 Å². The van der Waals surface area contributed by atoms with E-state index < -0.39 is 16.1 Å². The molecular weight excluding hydrogens is 368 g/mol. The highest BCUT2D eigenvalue weighted by atomic mass is 32.2. The Morgan fingerprint density at radius 2 is 1.78 bits per heavy atom. The smallest absolute Gasteiger partial charge is 0.328 e. The molecule has 1 heterocycles. The maximum atomic E-state index is 12.1. The predicted octanol–water partition coefficient (Wildman–Crippen LogP) is 2.28. The van der Waals surface area contributed by atoms with Crippen molar-refractivity contribution in [3.63, 3.8) is 0 Å². The lowest BCUT2D eigenvalue weighted by Crippen LogP contribution is -2.40. The van der Waals surface area contributed by atoms with E-state index in [9.17, 15) is 13.2 Å². The molecule has 0 atom stereocenters. The van der Waals surface area contributed by atoms with E-state index in [1.165, 1.54) is 12.1 Å². The van der Waals surface area contributed by atoms with Crippen LogP contribution in [0.3, 0.4) is 0 Å². The molecule has 140 valence electrons. The van der Waals surface area contributed by atoms with E-state index in [-0.39, 0.29) is 17.9 Å². The molecule has 2 N–H and O–H groups in total. The summed E-state index contributed by atoms with van der Waals surface area (Å²) in [5.41, 5.74) is 1.75. The molecule has 2 aromatic carbocycles. The number of aromatic nitrogens is 2. The first kappa shape index (κ1) is 18.6. The monoisotopic (exact) mass is 386 g/mol. The third kappa shape index (κ3) is 4.91. The quantitative estimate of drug-likeness (QED) is 0.672. The SMILES string of the molecule is Cc1ccc(S(=O)(=O)NC(=O)NCCc2nc(-c3ccccc3)no2)cc1. The van der Waals surface area contributed by atoms with Gasteiger partial charge < -0.3 is 9.84 Å². The highest BCUT2D eigenvalue weighted by Gasteiger charge is 2.17. The highest BCUT2D eigenvalue weighted by molar-refractivity contribution is 7.90. The zero-order valence-electron chi connectivity index (χ0n) is 14.5. The van der Waals surface area contributed by atoms with Gasteiger partial charge in [-0.3, -0.25) is 0 Å². The van der Waals surface area contributed by atoms with Gasteiger partial charge in [0.1, 0.15) is 0 Å². The van der Waals surface area contributed by atoms with Gasteiger partial charge >= 0.3 is 6.03 Å². The zero-order chi connectivity index (χ0) is 19.3. The van der Waals surface area contributed by atoms with Crippen molar-refractivity contribution >= 4 is 16.1 Å². The van der Waals surface area contributed by atoms with Crippen LogP contribution in [0, 0.1) is 6.92 Å². The molecule has 2 amide bonds. The fraction of sp³-hybridized carbons (Fsp3) is 0.167. The molecule has 0 aliphatic rings. The van der Waals surface area contributed by atoms with Gasteiger partial charge in [-0.1, -0.05) is 53.2 Å². The molecule has 8 nitrogen and oxygen atoms in total. The molecule has 1 aromatic heterocycles. The third-order valence-corrected chi connectivity index (χ3v) is 5.03. The summed E-state index contributed by atoms with van der Waals surface area (Å²) in [6, 6.07) is 14.7. The minimum Gasteiger partial charge on any atom is -0.339 e. The summed E-state index contributed by atoms with van der Waals surface area (Å²) in [7, 11) is -3.92. The van der Waals surface area contributed by atoms with Gasteiger partial charge in [0.2, 0.25) is 11.7 Å². The summed E-state index contributed by atoms with van der Waals surface area (Å²) in [6.07, 6.45) is 0.276. The van der Waals surface area contributed by atoms with E-state index in [0.29, 0.717) is 11.7 Å². The van der Waals surface area contributed by atoms with Crippen LogP contribution < -0.4 is 10.0 Å². The van der Waals surface area contributed by atoms with Gasteiger partial charge in [-0.05, 0) is 19.1 Å². The predicted molar refractivity (Wildman–Crippen MR) is 98.3 cm³/mol. The number of carbonyl (C=O) groups excluding carboxylic acids is 1. The lowest BCUT2D eigenvalue weighted by molar-refractivity contribution is 0.245. The summed E-state index contributed by atoms with van der Waals surface area (Å²) < 4.78 is 31.4. The maximum Gasteiger partial charge on any atom is 0.328 e. The second-order valence-electron chi connectivity index (χ2n) is 5.80. The van der Waals surface area contributed by atoms with E-state index in [0.717, 1.165) is 11.1 Å². The van der Waals surface area contributed by atoms with Gasteiger partial charge in [0.25, 0.3) is 10.0 Å². The van der Waals surface area contributed by atoms with Gasteiger partial charge in [-0.2, -0.15) is 4.98 Å². The topological polar surface area (TPSA) is 114 Å². The number of nitrogens with zero attached hydrogens (tertiary/aromatic N) is 2. The van der Waals surface area contributed by atoms with Crippen LogP contribution in [0.1, 0.15) is 11.5 Å². The van der Waals surface area contributed by atoms with E-state index in [1.807, 2.05) is 42.0 Å². The lowest BCUT2D eigenvalue weighted by atomic mass is 10.2. The molecule has 0 radical (unpaired) electrons. The molecule has 27 heavy (non-hydrogen) atoms. The number of sulfonamides is 1. The van der Waals surface area contributed by atoms with Crippen LogP contribution in [0.25, 0.3) is 11.4 Å². The van der Waals surface area contributed by atoms with Gasteiger partial charge in [0, 0.05) is 18.5 Å². The van der Waals surface area contributed by atoms with Crippen molar-refractivity contribution in [1.82, 2.24) is 20.2 Å². The number of urea groups is 1. The Hall–Kier alpha value is -3.20. The summed E-state index contributed by atoms with van der Waals surface area (Å²) in [4.78, 5) is 16.1. The summed E-state index contributed by atoms with van der Waals surface area (Å²) in [6.45, 7) is 1.99. The fourth-order valence-corrected chi connectivity index (χ4v) is 3.21. The second-order valence-corrected chi connectivity index (χ2v) is 7.48. The number of benzene rings is 2. The largest absolute Gasteiger partial charge is 0.339 e. The molecule has 0 aliphatic heterocycles. The Balaban J connectivity index is 1.51. The number of hydrogen-bond acceptors (Lipinski definition) is 6. The number of hydrogen-bond donors (Lipinski definition) is 2. The number of nitrogens with one attached hydrogen (secondary N) is 2. The van der Waals surface area contributed by atoms with Gasteiger partial charge in [-0.25, -0.2) is 17.9 Å². The first-order valence-corrected chi connectivity index (χ1v) is 9.68. The molecule has 3 aromatic rings. The number of rotatable bonds is 6. The second kappa shape index (κ2) is 8.00.